The quantitative estimate of drug-likeness (QED) is 0.212. The Morgan fingerprint density at radius 2 is 0.933 bits per heavy atom. The predicted molar refractivity (Wildman–Crippen MR) is 43.8 cm³/mol. The van der Waals surface area contributed by atoms with E-state index in [-0.39, 0.29) is 0 Å². The number of nitrogens with one attached hydrogen (secondary N) is 1. The van der Waals surface area contributed by atoms with E-state index in [4.69, 9.17) is 34.6 Å². The largest absolute Gasteiger partial charge is 0.372 e. The Labute approximate surface area is 82.2 Å². The summed E-state index contributed by atoms with van der Waals surface area (Å²) in [5, 5.41) is 8.26. The van der Waals surface area contributed by atoms with E-state index in [1.807, 2.05) is 0 Å². The Morgan fingerprint density at radius 3 is 0.933 bits per heavy atom. The lowest BCUT2D eigenvalue weighted by atomic mass is 11.4. The lowest BCUT2D eigenvalue weighted by Gasteiger charge is -2.32. The van der Waals surface area contributed by atoms with Crippen molar-refractivity contribution in [2.45, 2.75) is 4.76 Å². The Morgan fingerprint density at radius 1 is 0.733 bits per heavy atom. The minimum absolute atomic E-state index is 0.346. The predicted octanol–water partition coefficient (Wildman–Crippen LogP) is -1.89. The van der Waals surface area contributed by atoms with Crippen molar-refractivity contribution in [2.24, 2.45) is 0 Å². The number of hydroxylamine groups is 1. The lowest BCUT2D eigenvalue weighted by molar-refractivity contribution is 0.127. The fourth-order valence-corrected chi connectivity index (χ4v) is 5.17. The van der Waals surface area contributed by atoms with Crippen molar-refractivity contribution in [1.82, 2.24) is 5.48 Å². The summed E-state index contributed by atoms with van der Waals surface area (Å²) in [4.78, 5) is 51.0. The maximum Gasteiger partial charge on any atom is 0.372 e. The molecular formula is CH8NO10P3. The Kier molecular flexibility index (Phi) is 4.09. The molecule has 8 N–H and O–H groups in total. The van der Waals surface area contributed by atoms with Crippen molar-refractivity contribution in [3.8, 4) is 0 Å². The smallest absolute Gasteiger partial charge is 0.322 e. The van der Waals surface area contributed by atoms with Crippen molar-refractivity contribution in [3.05, 3.63) is 0 Å². The molecule has 0 aliphatic heterocycles. The van der Waals surface area contributed by atoms with Crippen LogP contribution in [0.4, 0.5) is 0 Å². The highest BCUT2D eigenvalue weighted by Gasteiger charge is 2.72. The van der Waals surface area contributed by atoms with Gasteiger partial charge in [0.25, 0.3) is 0 Å². The first kappa shape index (κ1) is 15.4. The van der Waals surface area contributed by atoms with Gasteiger partial charge in [-0.2, -0.15) is 5.48 Å². The molecule has 0 aromatic carbocycles. The van der Waals surface area contributed by atoms with Gasteiger partial charge < -0.3 is 34.6 Å². The van der Waals surface area contributed by atoms with Gasteiger partial charge in [0.15, 0.2) is 0 Å². The van der Waals surface area contributed by atoms with Crippen LogP contribution in [-0.4, -0.2) is 39.3 Å². The number of hydrogen-bond acceptors (Lipinski definition) is 5. The minimum Gasteiger partial charge on any atom is -0.322 e. The van der Waals surface area contributed by atoms with E-state index in [1.54, 1.807) is 0 Å². The molecular weight excluding hydrogens is 279 g/mol. The van der Waals surface area contributed by atoms with Gasteiger partial charge >= 0.3 is 27.5 Å². The third kappa shape index (κ3) is 2.38. The fraction of sp³-hybridized carbons (Fsp3) is 1.00. The Balaban J connectivity index is 6.16. The zero-order valence-corrected chi connectivity index (χ0v) is 9.38. The standard InChI is InChI=1S/CH8NO10P3/c3-2-1(13(4,5)6,14(7,8)9)15(10,11)12/h2-3H,(H2,4,5,6)(H2,7,8,9)(H2,10,11,12). The zero-order valence-electron chi connectivity index (χ0n) is 6.70. The van der Waals surface area contributed by atoms with Crippen LogP contribution in [0.15, 0.2) is 0 Å². The minimum atomic E-state index is -6.04. The molecule has 0 aliphatic rings. The molecule has 0 rings (SSSR count). The van der Waals surface area contributed by atoms with Crippen LogP contribution in [0.3, 0.4) is 0 Å². The normalized spacial score (nSPS) is 15.4. The number of hydrogen-bond donors (Lipinski definition) is 8. The molecule has 0 aromatic rings. The van der Waals surface area contributed by atoms with Crippen molar-refractivity contribution in [1.29, 1.82) is 0 Å². The van der Waals surface area contributed by atoms with Crippen molar-refractivity contribution < 1.29 is 48.3 Å². The first-order valence-corrected chi connectivity index (χ1v) is 7.73. The van der Waals surface area contributed by atoms with Gasteiger partial charge in [0, 0.05) is 0 Å². The van der Waals surface area contributed by atoms with E-state index >= 15 is 0 Å². The van der Waals surface area contributed by atoms with Crippen LogP contribution in [-0.2, 0) is 13.7 Å². The average molecular weight is 287 g/mol. The van der Waals surface area contributed by atoms with E-state index in [9.17, 15) is 13.7 Å². The monoisotopic (exact) mass is 287 g/mol. The van der Waals surface area contributed by atoms with Gasteiger partial charge in [-0.15, -0.1) is 0 Å². The fourth-order valence-electron chi connectivity index (χ4n) is 0.704. The molecule has 0 aromatic heterocycles. The van der Waals surface area contributed by atoms with E-state index in [0.29, 0.717) is 5.48 Å². The van der Waals surface area contributed by atoms with Crippen LogP contribution in [0.5, 0.6) is 0 Å². The van der Waals surface area contributed by atoms with Crippen LogP contribution >= 0.6 is 22.8 Å². The van der Waals surface area contributed by atoms with Crippen LogP contribution in [0.2, 0.25) is 0 Å². The highest BCUT2D eigenvalue weighted by atomic mass is 31.3. The maximum atomic E-state index is 10.7. The SMILES string of the molecule is O=P(O)(O)C(NO)(P(=O)(O)O)P(=O)(O)O. The highest BCUT2D eigenvalue weighted by molar-refractivity contribution is 7.88. The number of rotatable bonds is 4. The lowest BCUT2D eigenvalue weighted by Crippen LogP contribution is -2.42. The molecule has 0 radical (unpaired) electrons. The van der Waals surface area contributed by atoms with Gasteiger partial charge in [-0.05, 0) is 0 Å². The first-order chi connectivity index (χ1) is 6.31. The molecule has 0 aliphatic carbocycles. The summed E-state index contributed by atoms with van der Waals surface area (Å²) >= 11 is 0. The molecule has 14 heteroatoms. The molecule has 0 atom stereocenters. The first-order valence-electron chi connectivity index (χ1n) is 2.89. The molecule has 0 amide bonds. The van der Waals surface area contributed by atoms with Gasteiger partial charge in [0.2, 0.25) is 0 Å². The topological polar surface area (TPSA) is 205 Å². The second kappa shape index (κ2) is 3.99. The molecule has 0 saturated carbocycles. The third-order valence-electron chi connectivity index (χ3n) is 1.37. The van der Waals surface area contributed by atoms with Gasteiger partial charge in [0.05, 0.1) is 0 Å². The van der Waals surface area contributed by atoms with Crippen LogP contribution in [0, 0.1) is 0 Å². The summed E-state index contributed by atoms with van der Waals surface area (Å²) < 4.78 is 27.7. The van der Waals surface area contributed by atoms with Crippen molar-refractivity contribution >= 4 is 22.8 Å². The van der Waals surface area contributed by atoms with E-state index in [2.05, 4.69) is 0 Å². The molecule has 0 unspecified atom stereocenters. The van der Waals surface area contributed by atoms with E-state index in [0.717, 1.165) is 0 Å². The van der Waals surface area contributed by atoms with E-state index < -0.39 is 27.5 Å². The molecule has 11 nitrogen and oxygen atoms in total. The molecule has 0 spiro atoms. The second-order valence-electron chi connectivity index (χ2n) is 2.38. The van der Waals surface area contributed by atoms with Crippen molar-refractivity contribution in [2.75, 3.05) is 0 Å². The molecule has 0 bridgehead atoms. The van der Waals surface area contributed by atoms with Gasteiger partial charge in [-0.1, -0.05) is 0 Å². The molecule has 0 saturated heterocycles. The second-order valence-corrected chi connectivity index (χ2v) is 8.71. The third-order valence-corrected chi connectivity index (χ3v) is 8.80. The van der Waals surface area contributed by atoms with Crippen LogP contribution in [0.1, 0.15) is 0 Å². The summed E-state index contributed by atoms with van der Waals surface area (Å²) in [5.74, 6) is 0. The molecule has 0 fully saturated rings. The Bertz CT molecular complexity index is 313. The average Bonchev–Trinajstić information content (AvgIpc) is 1.76. The van der Waals surface area contributed by atoms with Gasteiger partial charge in [0.1, 0.15) is 0 Å². The van der Waals surface area contributed by atoms with Crippen molar-refractivity contribution in [3.63, 3.8) is 0 Å². The van der Waals surface area contributed by atoms with Crippen LogP contribution < -0.4 is 5.48 Å². The van der Waals surface area contributed by atoms with Crippen LogP contribution in [0.25, 0.3) is 0 Å². The van der Waals surface area contributed by atoms with Gasteiger partial charge in [-0.3, -0.25) is 13.7 Å². The Hall–Kier alpha value is 0.370. The summed E-state index contributed by atoms with van der Waals surface area (Å²) in [7, 11) is -18.1. The summed E-state index contributed by atoms with van der Waals surface area (Å²) in [5.41, 5.74) is 0.346. The van der Waals surface area contributed by atoms with E-state index in [1.165, 1.54) is 0 Å². The molecule has 92 valence electrons. The summed E-state index contributed by atoms with van der Waals surface area (Å²) in [6.45, 7) is 0. The summed E-state index contributed by atoms with van der Waals surface area (Å²) in [6, 6.07) is 0. The maximum absolute atomic E-state index is 10.7. The molecule has 0 heterocycles. The zero-order chi connectivity index (χ0) is 12.7. The summed E-state index contributed by atoms with van der Waals surface area (Å²) in [6.07, 6.45) is 0. The van der Waals surface area contributed by atoms with Gasteiger partial charge in [-0.25, -0.2) is 0 Å². The highest BCUT2D eigenvalue weighted by Crippen LogP contribution is 2.80. The molecule has 15 heavy (non-hydrogen) atoms.